The van der Waals surface area contributed by atoms with Gasteiger partial charge in [0.05, 0.1) is 6.10 Å². The van der Waals surface area contributed by atoms with Gasteiger partial charge in [-0.15, -0.1) is 11.3 Å². The molecule has 0 saturated heterocycles. The van der Waals surface area contributed by atoms with Crippen LogP contribution < -0.4 is 5.73 Å². The Kier molecular flexibility index (Phi) is 5.86. The van der Waals surface area contributed by atoms with Crippen LogP contribution in [0.15, 0.2) is 17.5 Å². The maximum Gasteiger partial charge on any atom is 0.0650 e. The van der Waals surface area contributed by atoms with Crippen LogP contribution in [-0.4, -0.2) is 31.0 Å². The molecular weight excluding hydrogens is 210 g/mol. The van der Waals surface area contributed by atoms with E-state index in [2.05, 4.69) is 0 Å². The Labute approximate surface area is 94.9 Å². The summed E-state index contributed by atoms with van der Waals surface area (Å²) in [5.41, 5.74) is 5.67. The van der Waals surface area contributed by atoms with Crippen molar-refractivity contribution in [3.05, 3.63) is 22.4 Å². The Hall–Kier alpha value is -0.420. The first-order valence-electron chi connectivity index (χ1n) is 5.28. The van der Waals surface area contributed by atoms with Crippen LogP contribution in [0.3, 0.4) is 0 Å². The Bertz CT molecular complexity index is 251. The zero-order valence-corrected chi connectivity index (χ0v) is 9.87. The number of nitrogens with two attached hydrogens (primary N) is 1. The first kappa shape index (κ1) is 12.6. The number of rotatable bonds is 7. The van der Waals surface area contributed by atoms with Crippen LogP contribution in [0.4, 0.5) is 0 Å². The predicted octanol–water partition coefficient (Wildman–Crippen LogP) is 1.58. The van der Waals surface area contributed by atoms with Crippen molar-refractivity contribution in [3.63, 3.8) is 0 Å². The van der Waals surface area contributed by atoms with E-state index in [4.69, 9.17) is 10.5 Å². The highest BCUT2D eigenvalue weighted by atomic mass is 32.1. The molecule has 0 amide bonds. The van der Waals surface area contributed by atoms with E-state index in [0.717, 1.165) is 4.88 Å². The molecule has 4 heteroatoms. The standard InChI is InChI=1S/C11H19NO2S/c1-2-14-6-5-10(13)9(8-12)11-4-3-7-15-11/h3-4,7,9-10,13H,2,5-6,8,12H2,1H3. The predicted molar refractivity (Wildman–Crippen MR) is 63.2 cm³/mol. The maximum absolute atomic E-state index is 9.95. The Balaban J connectivity index is 2.44. The second kappa shape index (κ2) is 6.95. The molecule has 0 aliphatic heterocycles. The molecule has 86 valence electrons. The van der Waals surface area contributed by atoms with Gasteiger partial charge < -0.3 is 15.6 Å². The van der Waals surface area contributed by atoms with Crippen molar-refractivity contribution in [2.75, 3.05) is 19.8 Å². The van der Waals surface area contributed by atoms with E-state index in [1.165, 1.54) is 0 Å². The molecule has 15 heavy (non-hydrogen) atoms. The van der Waals surface area contributed by atoms with Gasteiger partial charge >= 0.3 is 0 Å². The molecule has 0 fully saturated rings. The molecular formula is C11H19NO2S. The Morgan fingerprint density at radius 3 is 2.93 bits per heavy atom. The van der Waals surface area contributed by atoms with Gasteiger partial charge in [0.25, 0.3) is 0 Å². The maximum atomic E-state index is 9.95. The van der Waals surface area contributed by atoms with Gasteiger partial charge in [-0.2, -0.15) is 0 Å². The molecule has 0 bridgehead atoms. The third kappa shape index (κ3) is 3.91. The van der Waals surface area contributed by atoms with Crippen molar-refractivity contribution in [3.8, 4) is 0 Å². The highest BCUT2D eigenvalue weighted by molar-refractivity contribution is 7.10. The number of hydrogen-bond donors (Lipinski definition) is 2. The summed E-state index contributed by atoms with van der Waals surface area (Å²) in [7, 11) is 0. The van der Waals surface area contributed by atoms with E-state index in [9.17, 15) is 5.11 Å². The zero-order chi connectivity index (χ0) is 11.1. The largest absolute Gasteiger partial charge is 0.392 e. The van der Waals surface area contributed by atoms with Crippen molar-refractivity contribution in [1.29, 1.82) is 0 Å². The van der Waals surface area contributed by atoms with Crippen LogP contribution in [0.25, 0.3) is 0 Å². The van der Waals surface area contributed by atoms with Gasteiger partial charge in [-0.3, -0.25) is 0 Å². The zero-order valence-electron chi connectivity index (χ0n) is 9.06. The minimum absolute atomic E-state index is 0.0467. The van der Waals surface area contributed by atoms with Gasteiger partial charge in [0, 0.05) is 30.6 Å². The molecule has 1 aromatic heterocycles. The van der Waals surface area contributed by atoms with E-state index < -0.39 is 6.10 Å². The van der Waals surface area contributed by atoms with Gasteiger partial charge in [-0.1, -0.05) is 6.07 Å². The lowest BCUT2D eigenvalue weighted by Crippen LogP contribution is -2.26. The molecule has 3 nitrogen and oxygen atoms in total. The fourth-order valence-corrected chi connectivity index (χ4v) is 2.41. The first-order chi connectivity index (χ1) is 7.29. The summed E-state index contributed by atoms with van der Waals surface area (Å²) in [5.74, 6) is 0.0467. The molecule has 0 aliphatic carbocycles. The van der Waals surface area contributed by atoms with Crippen molar-refractivity contribution < 1.29 is 9.84 Å². The number of ether oxygens (including phenoxy) is 1. The van der Waals surface area contributed by atoms with E-state index in [1.807, 2.05) is 24.4 Å². The molecule has 0 aromatic carbocycles. The lowest BCUT2D eigenvalue weighted by Gasteiger charge is -2.20. The highest BCUT2D eigenvalue weighted by Crippen LogP contribution is 2.24. The lowest BCUT2D eigenvalue weighted by atomic mass is 9.98. The first-order valence-corrected chi connectivity index (χ1v) is 6.16. The van der Waals surface area contributed by atoms with Gasteiger partial charge in [0.15, 0.2) is 0 Å². The average Bonchev–Trinajstić information content (AvgIpc) is 2.73. The summed E-state index contributed by atoms with van der Waals surface area (Å²) in [6.45, 7) is 3.72. The molecule has 1 heterocycles. The van der Waals surface area contributed by atoms with Crippen LogP contribution in [0.2, 0.25) is 0 Å². The summed E-state index contributed by atoms with van der Waals surface area (Å²) in [6.07, 6.45) is 0.244. The normalized spacial score (nSPS) is 15.1. The van der Waals surface area contributed by atoms with Gasteiger partial charge in [-0.25, -0.2) is 0 Å². The molecule has 2 unspecified atom stereocenters. The lowest BCUT2D eigenvalue weighted by molar-refractivity contribution is 0.0758. The molecule has 1 rings (SSSR count). The number of aliphatic hydroxyl groups is 1. The molecule has 1 aromatic rings. The topological polar surface area (TPSA) is 55.5 Å². The van der Waals surface area contributed by atoms with Crippen LogP contribution in [-0.2, 0) is 4.74 Å². The smallest absolute Gasteiger partial charge is 0.0650 e. The SMILES string of the molecule is CCOCCC(O)C(CN)c1cccs1. The van der Waals surface area contributed by atoms with Crippen LogP contribution in [0.1, 0.15) is 24.1 Å². The number of hydrogen-bond acceptors (Lipinski definition) is 4. The van der Waals surface area contributed by atoms with Gasteiger partial charge in [0.1, 0.15) is 0 Å². The van der Waals surface area contributed by atoms with E-state index in [-0.39, 0.29) is 5.92 Å². The van der Waals surface area contributed by atoms with Gasteiger partial charge in [-0.05, 0) is 24.8 Å². The summed E-state index contributed by atoms with van der Waals surface area (Å²) >= 11 is 1.64. The summed E-state index contributed by atoms with van der Waals surface area (Å²) in [5, 5.41) is 12.0. The molecule has 0 aliphatic rings. The van der Waals surface area contributed by atoms with Crippen LogP contribution in [0, 0.1) is 0 Å². The van der Waals surface area contributed by atoms with Crippen molar-refractivity contribution >= 4 is 11.3 Å². The van der Waals surface area contributed by atoms with E-state index in [1.54, 1.807) is 11.3 Å². The molecule has 2 atom stereocenters. The monoisotopic (exact) mass is 229 g/mol. The van der Waals surface area contributed by atoms with Crippen LogP contribution in [0.5, 0.6) is 0 Å². The quantitative estimate of drug-likeness (QED) is 0.698. The van der Waals surface area contributed by atoms with Gasteiger partial charge in [0.2, 0.25) is 0 Å². The van der Waals surface area contributed by atoms with E-state index >= 15 is 0 Å². The van der Waals surface area contributed by atoms with Crippen molar-refractivity contribution in [2.45, 2.75) is 25.4 Å². The number of aliphatic hydroxyl groups excluding tert-OH is 1. The fraction of sp³-hybridized carbons (Fsp3) is 0.636. The second-order valence-corrected chi connectivity index (χ2v) is 4.39. The van der Waals surface area contributed by atoms with Crippen molar-refractivity contribution in [1.82, 2.24) is 0 Å². The number of thiophene rings is 1. The molecule has 0 saturated carbocycles. The minimum atomic E-state index is -0.403. The van der Waals surface area contributed by atoms with E-state index in [0.29, 0.717) is 26.2 Å². The summed E-state index contributed by atoms with van der Waals surface area (Å²) in [6, 6.07) is 4.00. The molecule has 0 spiro atoms. The minimum Gasteiger partial charge on any atom is -0.392 e. The highest BCUT2D eigenvalue weighted by Gasteiger charge is 2.20. The summed E-state index contributed by atoms with van der Waals surface area (Å²) < 4.78 is 5.22. The Morgan fingerprint density at radius 2 is 2.40 bits per heavy atom. The molecule has 3 N–H and O–H groups in total. The molecule has 0 radical (unpaired) electrons. The third-order valence-corrected chi connectivity index (χ3v) is 3.39. The Morgan fingerprint density at radius 1 is 1.60 bits per heavy atom. The van der Waals surface area contributed by atoms with Crippen LogP contribution >= 0.6 is 11.3 Å². The average molecular weight is 229 g/mol. The summed E-state index contributed by atoms with van der Waals surface area (Å²) in [4.78, 5) is 1.15. The van der Waals surface area contributed by atoms with Crippen molar-refractivity contribution in [2.24, 2.45) is 5.73 Å². The second-order valence-electron chi connectivity index (χ2n) is 3.41. The third-order valence-electron chi connectivity index (χ3n) is 2.39. The fourth-order valence-electron chi connectivity index (χ4n) is 1.51.